The Kier molecular flexibility index (Phi) is 5.43. The van der Waals surface area contributed by atoms with Gasteiger partial charge in [0.1, 0.15) is 5.75 Å². The van der Waals surface area contributed by atoms with Gasteiger partial charge in [0.2, 0.25) is 0 Å². The summed E-state index contributed by atoms with van der Waals surface area (Å²) in [5.74, 6) is -0.618. The predicted molar refractivity (Wildman–Crippen MR) is 79.3 cm³/mol. The van der Waals surface area contributed by atoms with Gasteiger partial charge >= 0.3 is 12.1 Å². The second-order valence-corrected chi connectivity index (χ2v) is 5.44. The number of halogens is 3. The first-order valence-corrected chi connectivity index (χ1v) is 7.42. The molecule has 0 aliphatic carbocycles. The second kappa shape index (κ2) is 7.32. The molecule has 1 aromatic heterocycles. The Hall–Kier alpha value is -2.29. The summed E-state index contributed by atoms with van der Waals surface area (Å²) in [4.78, 5) is 14.7. The van der Waals surface area contributed by atoms with Crippen LogP contribution in [0.3, 0.4) is 0 Å². The molecule has 0 saturated carbocycles. The number of nitrogens with zero attached hydrogens (tertiary/aromatic N) is 1. The van der Waals surface area contributed by atoms with E-state index >= 15 is 0 Å². The molecule has 2 rings (SSSR count). The maximum absolute atomic E-state index is 12.0. The van der Waals surface area contributed by atoms with E-state index in [0.717, 1.165) is 0 Å². The number of hydrogen-bond donors (Lipinski definition) is 2. The summed E-state index contributed by atoms with van der Waals surface area (Å²) in [5, 5.41) is 13.8. The molecule has 2 aromatic rings. The Labute approximate surface area is 133 Å². The van der Waals surface area contributed by atoms with Crippen LogP contribution in [0.4, 0.5) is 24.0 Å². The Balaban J connectivity index is 1.87. The summed E-state index contributed by atoms with van der Waals surface area (Å²) < 4.78 is 41.0. The molecule has 0 aliphatic heterocycles. The number of carboxylic acid groups (broad SMARTS) is 1. The highest BCUT2D eigenvalue weighted by Gasteiger charge is 2.26. The first-order valence-electron chi connectivity index (χ1n) is 6.55. The number of ether oxygens (including phenoxy) is 1. The average Bonchev–Trinajstić information content (AvgIpc) is 2.86. The number of aromatic nitrogens is 1. The molecule has 0 aliphatic rings. The SMILES string of the molecule is O=C(O)Cc1csc(Nc2ccc(OCCC(F)(F)F)cc2)n1. The van der Waals surface area contributed by atoms with Crippen molar-refractivity contribution in [1.29, 1.82) is 0 Å². The Morgan fingerprint density at radius 1 is 1.30 bits per heavy atom. The Morgan fingerprint density at radius 3 is 2.61 bits per heavy atom. The molecule has 0 fully saturated rings. The largest absolute Gasteiger partial charge is 0.493 e. The lowest BCUT2D eigenvalue weighted by Gasteiger charge is -2.09. The van der Waals surface area contributed by atoms with E-state index in [0.29, 0.717) is 22.3 Å². The number of hydrogen-bond acceptors (Lipinski definition) is 5. The van der Waals surface area contributed by atoms with Gasteiger partial charge in [-0.15, -0.1) is 11.3 Å². The van der Waals surface area contributed by atoms with Gasteiger partial charge in [-0.2, -0.15) is 13.2 Å². The number of anilines is 2. The van der Waals surface area contributed by atoms with Gasteiger partial charge in [0.15, 0.2) is 5.13 Å². The van der Waals surface area contributed by atoms with E-state index in [1.165, 1.54) is 11.3 Å². The first-order chi connectivity index (χ1) is 10.8. The maximum atomic E-state index is 12.0. The summed E-state index contributed by atoms with van der Waals surface area (Å²) in [6.07, 6.45) is -5.39. The lowest BCUT2D eigenvalue weighted by molar-refractivity contribution is -0.139. The van der Waals surface area contributed by atoms with E-state index in [2.05, 4.69) is 10.3 Å². The quantitative estimate of drug-likeness (QED) is 0.797. The molecule has 1 heterocycles. The van der Waals surface area contributed by atoms with Crippen molar-refractivity contribution in [2.24, 2.45) is 0 Å². The molecule has 23 heavy (non-hydrogen) atoms. The fourth-order valence-corrected chi connectivity index (χ4v) is 2.37. The predicted octanol–water partition coefficient (Wildman–Crippen LogP) is 3.85. The molecule has 0 bridgehead atoms. The number of nitrogens with one attached hydrogen (secondary N) is 1. The zero-order valence-electron chi connectivity index (χ0n) is 11.8. The summed E-state index contributed by atoms with van der Waals surface area (Å²) >= 11 is 1.27. The van der Waals surface area contributed by atoms with Gasteiger partial charge in [-0.3, -0.25) is 4.79 Å². The molecule has 0 saturated heterocycles. The molecule has 124 valence electrons. The fraction of sp³-hybridized carbons (Fsp3) is 0.286. The normalized spacial score (nSPS) is 11.3. The number of alkyl halides is 3. The van der Waals surface area contributed by atoms with Crippen molar-refractivity contribution >= 4 is 28.1 Å². The summed E-state index contributed by atoms with van der Waals surface area (Å²) in [7, 11) is 0. The molecule has 9 heteroatoms. The summed E-state index contributed by atoms with van der Waals surface area (Å²) in [6.45, 7) is -0.429. The van der Waals surface area contributed by atoms with Crippen molar-refractivity contribution in [3.05, 3.63) is 35.3 Å². The number of carbonyl (C=O) groups is 1. The van der Waals surface area contributed by atoms with Crippen molar-refractivity contribution in [2.45, 2.75) is 19.0 Å². The van der Waals surface area contributed by atoms with Crippen molar-refractivity contribution in [2.75, 3.05) is 11.9 Å². The van der Waals surface area contributed by atoms with Crippen molar-refractivity contribution < 1.29 is 27.8 Å². The molecular weight excluding hydrogens is 333 g/mol. The maximum Gasteiger partial charge on any atom is 0.392 e. The topological polar surface area (TPSA) is 71.5 Å². The van der Waals surface area contributed by atoms with Crippen LogP contribution in [0.1, 0.15) is 12.1 Å². The zero-order chi connectivity index (χ0) is 16.9. The van der Waals surface area contributed by atoms with E-state index in [1.54, 1.807) is 29.6 Å². The third-order valence-corrected chi connectivity index (χ3v) is 3.45. The van der Waals surface area contributed by atoms with Crippen LogP contribution in [0.5, 0.6) is 5.75 Å². The van der Waals surface area contributed by atoms with Gasteiger partial charge in [0, 0.05) is 11.1 Å². The molecule has 1 aromatic carbocycles. The van der Waals surface area contributed by atoms with Gasteiger partial charge < -0.3 is 15.2 Å². The number of rotatable bonds is 7. The Morgan fingerprint density at radius 2 is 2.00 bits per heavy atom. The molecule has 0 amide bonds. The number of benzene rings is 1. The van der Waals surface area contributed by atoms with Crippen molar-refractivity contribution in [1.82, 2.24) is 4.98 Å². The van der Waals surface area contributed by atoms with E-state index in [9.17, 15) is 18.0 Å². The minimum atomic E-state index is -4.24. The van der Waals surface area contributed by atoms with E-state index < -0.39 is 25.2 Å². The lowest BCUT2D eigenvalue weighted by atomic mass is 10.3. The molecule has 0 radical (unpaired) electrons. The monoisotopic (exact) mass is 346 g/mol. The Bertz CT molecular complexity index is 656. The number of aliphatic carboxylic acids is 1. The average molecular weight is 346 g/mol. The van der Waals surface area contributed by atoms with Gasteiger partial charge in [-0.05, 0) is 24.3 Å². The van der Waals surface area contributed by atoms with Gasteiger partial charge in [0.05, 0.1) is 25.1 Å². The number of carboxylic acids is 1. The highest BCUT2D eigenvalue weighted by molar-refractivity contribution is 7.13. The summed E-state index contributed by atoms with van der Waals surface area (Å²) in [5.41, 5.74) is 1.13. The van der Waals surface area contributed by atoms with E-state index in [-0.39, 0.29) is 6.42 Å². The molecule has 0 atom stereocenters. The standard InChI is InChI=1S/C14H13F3N2O3S/c15-14(16,17)5-6-22-11-3-1-9(2-4-11)18-13-19-10(8-23-13)7-12(20)21/h1-4,8H,5-7H2,(H,18,19)(H,20,21). The lowest BCUT2D eigenvalue weighted by Crippen LogP contribution is -2.12. The van der Waals surface area contributed by atoms with Crippen LogP contribution in [0.15, 0.2) is 29.6 Å². The smallest absolute Gasteiger partial charge is 0.392 e. The van der Waals surface area contributed by atoms with Crippen LogP contribution >= 0.6 is 11.3 Å². The van der Waals surface area contributed by atoms with Crippen LogP contribution in [-0.2, 0) is 11.2 Å². The molecule has 0 unspecified atom stereocenters. The molecule has 0 spiro atoms. The molecule has 2 N–H and O–H groups in total. The van der Waals surface area contributed by atoms with Crippen molar-refractivity contribution in [3.8, 4) is 5.75 Å². The van der Waals surface area contributed by atoms with Crippen LogP contribution < -0.4 is 10.1 Å². The third kappa shape index (κ3) is 6.15. The first kappa shape index (κ1) is 17.1. The second-order valence-electron chi connectivity index (χ2n) is 4.58. The van der Waals surface area contributed by atoms with Gasteiger partial charge in [-0.25, -0.2) is 4.98 Å². The van der Waals surface area contributed by atoms with Gasteiger partial charge in [-0.1, -0.05) is 0 Å². The minimum Gasteiger partial charge on any atom is -0.493 e. The minimum absolute atomic E-state index is 0.149. The highest BCUT2D eigenvalue weighted by Crippen LogP contribution is 2.24. The van der Waals surface area contributed by atoms with Crippen LogP contribution in [0.2, 0.25) is 0 Å². The fourth-order valence-electron chi connectivity index (χ4n) is 1.64. The molecule has 5 nitrogen and oxygen atoms in total. The number of thiazole rings is 1. The summed E-state index contributed by atoms with van der Waals surface area (Å²) in [6, 6.07) is 6.37. The third-order valence-electron chi connectivity index (χ3n) is 2.64. The van der Waals surface area contributed by atoms with Crippen molar-refractivity contribution in [3.63, 3.8) is 0 Å². The van der Waals surface area contributed by atoms with Crippen LogP contribution in [0, 0.1) is 0 Å². The zero-order valence-corrected chi connectivity index (χ0v) is 12.6. The molecular formula is C14H13F3N2O3S. The van der Waals surface area contributed by atoms with Crippen LogP contribution in [0.25, 0.3) is 0 Å². The van der Waals surface area contributed by atoms with Gasteiger partial charge in [0.25, 0.3) is 0 Å². The van der Waals surface area contributed by atoms with E-state index in [4.69, 9.17) is 9.84 Å². The van der Waals surface area contributed by atoms with Crippen LogP contribution in [-0.4, -0.2) is 28.8 Å². The van der Waals surface area contributed by atoms with E-state index in [1.807, 2.05) is 0 Å². The highest BCUT2D eigenvalue weighted by atomic mass is 32.1.